The minimum atomic E-state index is -0.203. The third kappa shape index (κ3) is 2.49. The van der Waals surface area contributed by atoms with Crippen molar-refractivity contribution in [3.05, 3.63) is 29.1 Å². The number of aromatic nitrogens is 3. The first-order chi connectivity index (χ1) is 9.43. The van der Waals surface area contributed by atoms with Crippen LogP contribution in [-0.2, 0) is 0 Å². The number of hydrogen-bond acceptors (Lipinski definition) is 4. The lowest BCUT2D eigenvalue weighted by molar-refractivity contribution is 0.0816. The average molecular weight is 274 g/mol. The Morgan fingerprint density at radius 2 is 1.85 bits per heavy atom. The second-order valence-electron chi connectivity index (χ2n) is 4.85. The van der Waals surface area contributed by atoms with Crippen molar-refractivity contribution in [2.24, 2.45) is 0 Å². The van der Waals surface area contributed by atoms with Gasteiger partial charge in [0.25, 0.3) is 5.91 Å². The lowest BCUT2D eigenvalue weighted by atomic mass is 10.1. The van der Waals surface area contributed by atoms with Gasteiger partial charge in [0, 0.05) is 19.7 Å². The van der Waals surface area contributed by atoms with Crippen LogP contribution in [0.5, 0.6) is 5.75 Å². The van der Waals surface area contributed by atoms with Crippen LogP contribution in [0.4, 0.5) is 0 Å². The number of benzene rings is 1. The molecule has 6 heteroatoms. The lowest BCUT2D eigenvalue weighted by Crippen LogP contribution is -2.22. The lowest BCUT2D eigenvalue weighted by Gasteiger charge is -2.09. The molecule has 1 N–H and O–H groups in total. The van der Waals surface area contributed by atoms with E-state index in [0.29, 0.717) is 5.82 Å². The topological polar surface area (TPSA) is 71.1 Å². The van der Waals surface area contributed by atoms with Crippen LogP contribution in [0.1, 0.15) is 21.7 Å². The molecule has 106 valence electrons. The van der Waals surface area contributed by atoms with Crippen LogP contribution >= 0.6 is 0 Å². The number of nitrogens with zero attached hydrogens (tertiary/aromatic N) is 3. The third-order valence-corrected chi connectivity index (χ3v) is 3.02. The smallest absolute Gasteiger partial charge is 0.290 e. The van der Waals surface area contributed by atoms with E-state index >= 15 is 0 Å². The number of carbonyl (C=O) groups excluding carboxylic acids is 1. The molecule has 20 heavy (non-hydrogen) atoms. The molecule has 0 saturated carbocycles. The highest BCUT2D eigenvalue weighted by Crippen LogP contribution is 2.28. The zero-order valence-corrected chi connectivity index (χ0v) is 12.3. The highest BCUT2D eigenvalue weighted by atomic mass is 16.5. The molecule has 6 nitrogen and oxygen atoms in total. The van der Waals surface area contributed by atoms with E-state index in [1.165, 1.54) is 4.90 Å². The van der Waals surface area contributed by atoms with Crippen molar-refractivity contribution in [1.82, 2.24) is 20.1 Å². The van der Waals surface area contributed by atoms with E-state index in [9.17, 15) is 4.79 Å². The predicted molar refractivity (Wildman–Crippen MR) is 75.9 cm³/mol. The van der Waals surface area contributed by atoms with E-state index in [1.807, 2.05) is 26.0 Å². The Balaban J connectivity index is 2.40. The fourth-order valence-electron chi connectivity index (χ4n) is 2.10. The summed E-state index contributed by atoms with van der Waals surface area (Å²) in [6.07, 6.45) is 0. The Morgan fingerprint density at radius 1 is 1.25 bits per heavy atom. The van der Waals surface area contributed by atoms with Gasteiger partial charge in [-0.1, -0.05) is 0 Å². The summed E-state index contributed by atoms with van der Waals surface area (Å²) in [4.78, 5) is 17.5. The molecule has 0 aliphatic heterocycles. The number of nitrogens with one attached hydrogen (secondary N) is 1. The van der Waals surface area contributed by atoms with Crippen molar-refractivity contribution in [2.45, 2.75) is 13.8 Å². The molecule has 0 aliphatic rings. The van der Waals surface area contributed by atoms with Gasteiger partial charge >= 0.3 is 0 Å². The average Bonchev–Trinajstić information content (AvgIpc) is 2.86. The van der Waals surface area contributed by atoms with Crippen molar-refractivity contribution >= 4 is 5.91 Å². The van der Waals surface area contributed by atoms with E-state index in [0.717, 1.165) is 22.4 Å². The van der Waals surface area contributed by atoms with Gasteiger partial charge in [-0.05, 0) is 37.1 Å². The highest BCUT2D eigenvalue weighted by molar-refractivity contribution is 5.90. The molecule has 2 rings (SSSR count). The van der Waals surface area contributed by atoms with Crippen LogP contribution in [0.3, 0.4) is 0 Å². The molecule has 0 unspecified atom stereocenters. The SMILES string of the molecule is COc1c(C)cc(-c2n[nH]c(C(=O)N(C)C)n2)cc1C. The predicted octanol–water partition coefficient (Wildman–Crippen LogP) is 1.80. The molecular formula is C14H18N4O2. The van der Waals surface area contributed by atoms with E-state index < -0.39 is 0 Å². The molecule has 0 radical (unpaired) electrons. The number of methoxy groups -OCH3 is 1. The van der Waals surface area contributed by atoms with Gasteiger partial charge in [-0.25, -0.2) is 4.98 Å². The quantitative estimate of drug-likeness (QED) is 0.926. The van der Waals surface area contributed by atoms with E-state index in [-0.39, 0.29) is 11.7 Å². The normalized spacial score (nSPS) is 10.4. The molecule has 1 aromatic heterocycles. The number of aryl methyl sites for hydroxylation is 2. The van der Waals surface area contributed by atoms with Crippen molar-refractivity contribution in [2.75, 3.05) is 21.2 Å². The Labute approximate surface area is 117 Å². The van der Waals surface area contributed by atoms with Crippen molar-refractivity contribution in [1.29, 1.82) is 0 Å². The third-order valence-electron chi connectivity index (χ3n) is 3.02. The van der Waals surface area contributed by atoms with Gasteiger partial charge in [-0.15, -0.1) is 0 Å². The zero-order valence-electron chi connectivity index (χ0n) is 12.3. The summed E-state index contributed by atoms with van der Waals surface area (Å²) in [5, 5.41) is 6.77. The molecule has 1 amide bonds. The summed E-state index contributed by atoms with van der Waals surface area (Å²) in [7, 11) is 4.99. The number of amides is 1. The Bertz CT molecular complexity index is 623. The second kappa shape index (κ2) is 5.32. The Kier molecular flexibility index (Phi) is 3.74. The van der Waals surface area contributed by atoms with Gasteiger partial charge in [-0.2, -0.15) is 5.10 Å². The van der Waals surface area contributed by atoms with Crippen LogP contribution in [0.2, 0.25) is 0 Å². The number of aromatic amines is 1. The number of rotatable bonds is 3. The Morgan fingerprint density at radius 3 is 2.35 bits per heavy atom. The summed E-state index contributed by atoms with van der Waals surface area (Å²) in [6.45, 7) is 3.93. The second-order valence-corrected chi connectivity index (χ2v) is 4.85. The van der Waals surface area contributed by atoms with Gasteiger partial charge < -0.3 is 9.64 Å². The fraction of sp³-hybridized carbons (Fsp3) is 0.357. The largest absolute Gasteiger partial charge is 0.496 e. The number of ether oxygens (including phenoxy) is 1. The minimum Gasteiger partial charge on any atom is -0.496 e. The molecular weight excluding hydrogens is 256 g/mol. The molecule has 0 atom stereocenters. The van der Waals surface area contributed by atoms with Gasteiger partial charge in [0.05, 0.1) is 7.11 Å². The maximum Gasteiger partial charge on any atom is 0.290 e. The first-order valence-electron chi connectivity index (χ1n) is 6.23. The minimum absolute atomic E-state index is 0.203. The first kappa shape index (κ1) is 14.0. The van der Waals surface area contributed by atoms with E-state index in [4.69, 9.17) is 4.74 Å². The van der Waals surface area contributed by atoms with Crippen LogP contribution < -0.4 is 4.74 Å². The van der Waals surface area contributed by atoms with Gasteiger partial charge in [0.15, 0.2) is 5.82 Å². The molecule has 1 heterocycles. The van der Waals surface area contributed by atoms with E-state index in [1.54, 1.807) is 21.2 Å². The van der Waals surface area contributed by atoms with Crippen LogP contribution in [0.15, 0.2) is 12.1 Å². The summed E-state index contributed by atoms with van der Waals surface area (Å²) in [5.41, 5.74) is 2.87. The number of hydrogen-bond donors (Lipinski definition) is 1. The highest BCUT2D eigenvalue weighted by Gasteiger charge is 2.15. The molecule has 1 aromatic carbocycles. The van der Waals surface area contributed by atoms with Gasteiger partial charge in [-0.3, -0.25) is 9.89 Å². The number of carbonyl (C=O) groups is 1. The van der Waals surface area contributed by atoms with Crippen LogP contribution in [0.25, 0.3) is 11.4 Å². The summed E-state index contributed by atoms with van der Waals surface area (Å²) in [5.74, 6) is 1.39. The summed E-state index contributed by atoms with van der Waals surface area (Å²) in [6, 6.07) is 3.89. The first-order valence-corrected chi connectivity index (χ1v) is 6.23. The maximum atomic E-state index is 11.8. The molecule has 2 aromatic rings. The maximum absolute atomic E-state index is 11.8. The van der Waals surface area contributed by atoms with Crippen molar-refractivity contribution in [3.63, 3.8) is 0 Å². The van der Waals surface area contributed by atoms with Crippen LogP contribution in [-0.4, -0.2) is 47.2 Å². The Hall–Kier alpha value is -2.37. The standard InChI is InChI=1S/C14H18N4O2/c1-8-6-10(7-9(2)11(8)20-5)12-15-13(17-16-12)14(19)18(3)4/h6-7H,1-5H3,(H,15,16,17). The van der Waals surface area contributed by atoms with Crippen LogP contribution in [0, 0.1) is 13.8 Å². The monoisotopic (exact) mass is 274 g/mol. The molecule has 0 spiro atoms. The van der Waals surface area contributed by atoms with Gasteiger partial charge in [0.1, 0.15) is 5.75 Å². The summed E-state index contributed by atoms with van der Waals surface area (Å²) >= 11 is 0. The number of H-pyrrole nitrogens is 1. The fourth-order valence-corrected chi connectivity index (χ4v) is 2.10. The van der Waals surface area contributed by atoms with Gasteiger partial charge in [0.2, 0.25) is 5.82 Å². The molecule has 0 fully saturated rings. The van der Waals surface area contributed by atoms with E-state index in [2.05, 4.69) is 15.2 Å². The summed E-state index contributed by atoms with van der Waals surface area (Å²) < 4.78 is 5.33. The molecule has 0 saturated heterocycles. The van der Waals surface area contributed by atoms with Crippen molar-refractivity contribution < 1.29 is 9.53 Å². The molecule has 0 aliphatic carbocycles. The zero-order chi connectivity index (χ0) is 14.9. The van der Waals surface area contributed by atoms with Crippen molar-refractivity contribution in [3.8, 4) is 17.1 Å². The molecule has 0 bridgehead atoms.